The summed E-state index contributed by atoms with van der Waals surface area (Å²) in [7, 11) is 0. The third-order valence-electron chi connectivity index (χ3n) is 5.53. The van der Waals surface area contributed by atoms with Crippen LogP contribution in [0, 0.1) is 26.7 Å². The number of aliphatic hydroxyl groups is 1. The lowest BCUT2D eigenvalue weighted by Crippen LogP contribution is -2.23. The van der Waals surface area contributed by atoms with E-state index in [4.69, 9.17) is 16.3 Å². The summed E-state index contributed by atoms with van der Waals surface area (Å²) in [4.78, 5) is 30.3. The first-order valence-electron chi connectivity index (χ1n) is 11.2. The molecule has 4 aromatic heterocycles. The zero-order chi connectivity index (χ0) is 26.2. The van der Waals surface area contributed by atoms with E-state index >= 15 is 0 Å². The van der Waals surface area contributed by atoms with Gasteiger partial charge in [-0.25, -0.2) is 15.0 Å². The fraction of sp³-hybridized carbons (Fsp3) is 0.269. The fourth-order valence-electron chi connectivity index (χ4n) is 3.65. The van der Waals surface area contributed by atoms with Crippen LogP contribution in [0.1, 0.15) is 42.2 Å². The van der Waals surface area contributed by atoms with Gasteiger partial charge in [-0.1, -0.05) is 17.7 Å². The van der Waals surface area contributed by atoms with Gasteiger partial charge in [0.1, 0.15) is 23.0 Å². The third-order valence-corrected chi connectivity index (χ3v) is 5.87. The minimum atomic E-state index is -1.23. The summed E-state index contributed by atoms with van der Waals surface area (Å²) in [6.07, 6.45) is 3.28. The van der Waals surface area contributed by atoms with Gasteiger partial charge in [0, 0.05) is 24.2 Å². The van der Waals surface area contributed by atoms with Gasteiger partial charge in [0.15, 0.2) is 5.82 Å². The first-order chi connectivity index (χ1) is 17.0. The molecule has 0 aliphatic carbocycles. The van der Waals surface area contributed by atoms with Gasteiger partial charge in [0.05, 0.1) is 22.8 Å². The van der Waals surface area contributed by atoms with Gasteiger partial charge in [-0.15, -0.1) is 0 Å². The molecule has 8 nitrogen and oxygen atoms in total. The van der Waals surface area contributed by atoms with Crippen molar-refractivity contribution in [2.75, 3.05) is 0 Å². The van der Waals surface area contributed by atoms with Crippen molar-refractivity contribution in [1.82, 2.24) is 24.5 Å². The van der Waals surface area contributed by atoms with E-state index in [-0.39, 0.29) is 23.2 Å². The Bertz CT molecular complexity index is 1510. The number of halogens is 2. The number of hydrogen-bond acceptors (Lipinski definition) is 7. The first kappa shape index (κ1) is 25.4. The van der Waals surface area contributed by atoms with Crippen molar-refractivity contribution in [2.24, 2.45) is 0 Å². The Balaban J connectivity index is 1.75. The van der Waals surface area contributed by atoms with E-state index in [0.717, 1.165) is 11.1 Å². The average molecular weight is 510 g/mol. The molecule has 0 spiro atoms. The van der Waals surface area contributed by atoms with Crippen LogP contribution in [-0.2, 0) is 12.2 Å². The number of aromatic nitrogens is 5. The van der Waals surface area contributed by atoms with Gasteiger partial charge in [-0.3, -0.25) is 14.3 Å². The molecule has 36 heavy (non-hydrogen) atoms. The summed E-state index contributed by atoms with van der Waals surface area (Å²) in [5.74, 6) is -0.182. The lowest BCUT2D eigenvalue weighted by atomic mass is 10.1. The molecule has 0 radical (unpaired) electrons. The largest absolute Gasteiger partial charge is 0.485 e. The molecule has 0 atom stereocenters. The second kappa shape index (κ2) is 9.75. The molecule has 0 unspecified atom stereocenters. The molecule has 10 heteroatoms. The van der Waals surface area contributed by atoms with Gasteiger partial charge >= 0.3 is 0 Å². The lowest BCUT2D eigenvalue weighted by Gasteiger charge is -2.18. The minimum Gasteiger partial charge on any atom is -0.485 e. The van der Waals surface area contributed by atoms with Crippen molar-refractivity contribution in [2.45, 2.75) is 46.8 Å². The van der Waals surface area contributed by atoms with Crippen LogP contribution in [0.25, 0.3) is 17.1 Å². The van der Waals surface area contributed by atoms with Gasteiger partial charge in [0.25, 0.3) is 5.56 Å². The Morgan fingerprint density at radius 3 is 2.50 bits per heavy atom. The molecule has 1 N–H and O–H groups in total. The van der Waals surface area contributed by atoms with Crippen molar-refractivity contribution in [3.63, 3.8) is 0 Å². The Morgan fingerprint density at radius 1 is 1.08 bits per heavy atom. The van der Waals surface area contributed by atoms with E-state index in [0.29, 0.717) is 28.5 Å². The molecular weight excluding hydrogens is 485 g/mol. The van der Waals surface area contributed by atoms with Gasteiger partial charge in [0.2, 0.25) is 5.95 Å². The Labute approximate surface area is 212 Å². The summed E-state index contributed by atoms with van der Waals surface area (Å²) < 4.78 is 20.5. The molecule has 186 valence electrons. The molecule has 0 fully saturated rings. The second-order valence-corrected chi connectivity index (χ2v) is 9.36. The average Bonchev–Trinajstić information content (AvgIpc) is 2.81. The Hall–Kier alpha value is -3.69. The number of rotatable bonds is 6. The second-order valence-electron chi connectivity index (χ2n) is 8.99. The summed E-state index contributed by atoms with van der Waals surface area (Å²) >= 11 is 6.41. The zero-order valence-electron chi connectivity index (χ0n) is 20.5. The number of hydrogen-bond donors (Lipinski definition) is 1. The van der Waals surface area contributed by atoms with Crippen LogP contribution in [0.4, 0.5) is 4.39 Å². The zero-order valence-corrected chi connectivity index (χ0v) is 21.3. The third kappa shape index (κ3) is 5.12. The normalized spacial score (nSPS) is 11.6. The predicted molar refractivity (Wildman–Crippen MR) is 134 cm³/mol. The number of pyridine rings is 3. The van der Waals surface area contributed by atoms with Crippen molar-refractivity contribution < 1.29 is 14.2 Å². The molecule has 4 heterocycles. The molecule has 0 aliphatic heterocycles. The minimum absolute atomic E-state index is 0.0463. The fourth-order valence-corrected chi connectivity index (χ4v) is 3.84. The maximum absolute atomic E-state index is 13.4. The molecule has 0 aliphatic rings. The van der Waals surface area contributed by atoms with Crippen LogP contribution in [-0.4, -0.2) is 29.6 Å². The van der Waals surface area contributed by atoms with E-state index < -0.39 is 17.1 Å². The van der Waals surface area contributed by atoms with E-state index in [1.54, 1.807) is 51.4 Å². The molecule has 0 amide bonds. The predicted octanol–water partition coefficient (Wildman–Crippen LogP) is 4.61. The topological polar surface area (TPSA) is 103 Å². The molecule has 0 aromatic carbocycles. The van der Waals surface area contributed by atoms with Gasteiger partial charge in [-0.05, 0) is 63.9 Å². The van der Waals surface area contributed by atoms with Crippen LogP contribution in [0.3, 0.4) is 0 Å². The van der Waals surface area contributed by atoms with Crippen molar-refractivity contribution in [3.05, 3.63) is 92.4 Å². The highest BCUT2D eigenvalue weighted by Gasteiger charge is 2.22. The van der Waals surface area contributed by atoms with E-state index in [2.05, 4.69) is 19.9 Å². The van der Waals surface area contributed by atoms with Crippen LogP contribution >= 0.6 is 11.6 Å². The van der Waals surface area contributed by atoms with E-state index in [1.807, 2.05) is 13.8 Å². The first-order valence-corrected chi connectivity index (χ1v) is 11.5. The van der Waals surface area contributed by atoms with Crippen LogP contribution in [0.15, 0.2) is 47.5 Å². The van der Waals surface area contributed by atoms with Gasteiger partial charge < -0.3 is 9.84 Å². The van der Waals surface area contributed by atoms with Crippen LogP contribution in [0.2, 0.25) is 5.02 Å². The number of nitrogens with zero attached hydrogens (tertiary/aromatic N) is 5. The maximum atomic E-state index is 13.4. The van der Waals surface area contributed by atoms with Crippen molar-refractivity contribution in [3.8, 4) is 22.8 Å². The summed E-state index contributed by atoms with van der Waals surface area (Å²) in [6, 6.07) is 7.78. The molecule has 0 saturated heterocycles. The number of aryl methyl sites for hydroxylation is 3. The van der Waals surface area contributed by atoms with Crippen LogP contribution < -0.4 is 10.3 Å². The monoisotopic (exact) mass is 509 g/mol. The number of ether oxygens (including phenoxy) is 1. The molecule has 0 saturated carbocycles. The Kier molecular flexibility index (Phi) is 6.88. The standard InChI is InChI=1S/C26H25ClFN5O3/c1-14-11-29-18(23-15(2)12-30-25(32-23)26(4,5)35)10-19(14)33-16(3)9-20(22(27)24(33)34)36-13-17-7-6-8-21(28)31-17/h6-12,35H,13H2,1-5H3. The highest BCUT2D eigenvalue weighted by Crippen LogP contribution is 2.28. The highest BCUT2D eigenvalue weighted by atomic mass is 35.5. The highest BCUT2D eigenvalue weighted by molar-refractivity contribution is 6.31. The van der Waals surface area contributed by atoms with Crippen molar-refractivity contribution >= 4 is 11.6 Å². The SMILES string of the molecule is Cc1cnc(-c2nc(C(C)(C)O)ncc2C)cc1-n1c(C)cc(OCc2cccc(F)n2)c(Cl)c1=O. The molecule has 0 bridgehead atoms. The van der Waals surface area contributed by atoms with Gasteiger partial charge in [-0.2, -0.15) is 4.39 Å². The molecular formula is C26H25ClFN5O3. The lowest BCUT2D eigenvalue weighted by molar-refractivity contribution is 0.0688. The van der Waals surface area contributed by atoms with E-state index in [9.17, 15) is 14.3 Å². The van der Waals surface area contributed by atoms with E-state index in [1.165, 1.54) is 16.7 Å². The molecule has 4 aromatic rings. The van der Waals surface area contributed by atoms with Crippen molar-refractivity contribution in [1.29, 1.82) is 0 Å². The summed E-state index contributed by atoms with van der Waals surface area (Å²) in [5, 5.41) is 10.2. The van der Waals surface area contributed by atoms with Crippen LogP contribution in [0.5, 0.6) is 5.75 Å². The maximum Gasteiger partial charge on any atom is 0.277 e. The summed E-state index contributed by atoms with van der Waals surface area (Å²) in [5.41, 5.74) is 2.38. The summed E-state index contributed by atoms with van der Waals surface area (Å²) in [6.45, 7) is 8.60. The quantitative estimate of drug-likeness (QED) is 0.378. The molecule has 4 rings (SSSR count). The smallest absolute Gasteiger partial charge is 0.277 e. The Morgan fingerprint density at radius 2 is 1.81 bits per heavy atom.